The monoisotopic (exact) mass is 425 g/mol. The molecule has 146 valence electrons. The molecule has 4 rings (SSSR count). The number of para-hydroxylation sites is 1. The van der Waals surface area contributed by atoms with Gasteiger partial charge >= 0.3 is 5.97 Å². The van der Waals surface area contributed by atoms with Gasteiger partial charge in [-0.15, -0.1) is 11.3 Å². The number of hydrogen-bond donors (Lipinski definition) is 1. The quantitative estimate of drug-likeness (QED) is 0.464. The van der Waals surface area contributed by atoms with E-state index in [0.29, 0.717) is 21.4 Å². The average molecular weight is 426 g/mol. The van der Waals surface area contributed by atoms with E-state index in [1.54, 1.807) is 16.8 Å². The maximum Gasteiger partial charge on any atom is 0.325 e. The second kappa shape index (κ2) is 8.06. The Balaban J connectivity index is 1.62. The van der Waals surface area contributed by atoms with Gasteiger partial charge < -0.3 is 9.30 Å². The van der Waals surface area contributed by atoms with Gasteiger partial charge in [0.15, 0.2) is 5.13 Å². The number of rotatable bonds is 5. The molecule has 0 radical (unpaired) electrons. The molecule has 0 aliphatic rings. The SMILES string of the molecule is COC(=O)Cn1cc(C(=O)Nc2nc(-c3ccccc3Cl)cs2)c2ccccc21. The molecular weight excluding hydrogens is 410 g/mol. The van der Waals surface area contributed by atoms with Gasteiger partial charge in [0, 0.05) is 33.1 Å². The van der Waals surface area contributed by atoms with Crippen LogP contribution in [0.1, 0.15) is 10.4 Å². The van der Waals surface area contributed by atoms with Gasteiger partial charge in [-0.05, 0) is 12.1 Å². The topological polar surface area (TPSA) is 73.2 Å². The predicted octanol–water partition coefficient (Wildman–Crippen LogP) is 4.84. The molecule has 2 aromatic carbocycles. The number of esters is 1. The summed E-state index contributed by atoms with van der Waals surface area (Å²) in [5.74, 6) is -0.688. The van der Waals surface area contributed by atoms with Crippen LogP contribution in [0.5, 0.6) is 0 Å². The van der Waals surface area contributed by atoms with E-state index in [0.717, 1.165) is 16.5 Å². The molecule has 8 heteroatoms. The van der Waals surface area contributed by atoms with Gasteiger partial charge in [0.2, 0.25) is 0 Å². The van der Waals surface area contributed by atoms with E-state index >= 15 is 0 Å². The second-order valence-electron chi connectivity index (χ2n) is 6.24. The van der Waals surface area contributed by atoms with Crippen molar-refractivity contribution in [3.05, 3.63) is 70.7 Å². The first-order valence-electron chi connectivity index (χ1n) is 8.73. The summed E-state index contributed by atoms with van der Waals surface area (Å²) in [4.78, 5) is 29.1. The van der Waals surface area contributed by atoms with E-state index in [1.165, 1.54) is 18.4 Å². The van der Waals surface area contributed by atoms with E-state index in [4.69, 9.17) is 16.3 Å². The molecule has 0 atom stereocenters. The van der Waals surface area contributed by atoms with Crippen molar-refractivity contribution in [2.24, 2.45) is 0 Å². The molecule has 0 bridgehead atoms. The Bertz CT molecular complexity index is 1210. The predicted molar refractivity (Wildman–Crippen MR) is 114 cm³/mol. The van der Waals surface area contributed by atoms with Crippen molar-refractivity contribution in [1.29, 1.82) is 0 Å². The maximum absolute atomic E-state index is 12.9. The average Bonchev–Trinajstić information content (AvgIpc) is 3.33. The van der Waals surface area contributed by atoms with E-state index in [1.807, 2.05) is 47.8 Å². The standard InChI is InChI=1S/C21H16ClN3O3S/c1-28-19(26)11-25-10-15(13-6-3-5-9-18(13)25)20(27)24-21-23-17(12-29-21)14-7-2-4-8-16(14)22/h2-10,12H,11H2,1H3,(H,23,24,27). The minimum absolute atomic E-state index is 0.0260. The summed E-state index contributed by atoms with van der Waals surface area (Å²) in [5, 5.41) is 6.49. The molecule has 0 unspecified atom stereocenters. The van der Waals surface area contributed by atoms with Crippen molar-refractivity contribution in [1.82, 2.24) is 9.55 Å². The lowest BCUT2D eigenvalue weighted by molar-refractivity contribution is -0.141. The lowest BCUT2D eigenvalue weighted by Crippen LogP contribution is -2.12. The fraction of sp³-hybridized carbons (Fsp3) is 0.0952. The lowest BCUT2D eigenvalue weighted by atomic mass is 10.1. The third-order valence-electron chi connectivity index (χ3n) is 4.43. The van der Waals surface area contributed by atoms with Crippen LogP contribution in [0.3, 0.4) is 0 Å². The first kappa shape index (κ1) is 19.2. The number of ether oxygens (including phenoxy) is 1. The Kier molecular flexibility index (Phi) is 5.33. The van der Waals surface area contributed by atoms with Gasteiger partial charge in [-0.25, -0.2) is 4.98 Å². The Morgan fingerprint density at radius 2 is 1.93 bits per heavy atom. The molecule has 29 heavy (non-hydrogen) atoms. The molecule has 0 spiro atoms. The Morgan fingerprint density at radius 3 is 2.72 bits per heavy atom. The number of fused-ring (bicyclic) bond motifs is 1. The first-order chi connectivity index (χ1) is 14.1. The summed E-state index contributed by atoms with van der Waals surface area (Å²) in [7, 11) is 1.33. The summed E-state index contributed by atoms with van der Waals surface area (Å²) in [6, 6.07) is 14.8. The van der Waals surface area contributed by atoms with Crippen LogP contribution < -0.4 is 5.32 Å². The molecule has 2 aromatic heterocycles. The molecule has 2 heterocycles. The highest BCUT2D eigenvalue weighted by molar-refractivity contribution is 7.14. The molecule has 1 amide bonds. The molecule has 4 aromatic rings. The van der Waals surface area contributed by atoms with Gasteiger partial charge in [0.25, 0.3) is 5.91 Å². The van der Waals surface area contributed by atoms with Gasteiger partial charge in [-0.2, -0.15) is 0 Å². The Hall–Kier alpha value is -3.16. The van der Waals surface area contributed by atoms with Crippen LogP contribution in [0.4, 0.5) is 5.13 Å². The van der Waals surface area contributed by atoms with Crippen molar-refractivity contribution in [2.45, 2.75) is 6.54 Å². The highest BCUT2D eigenvalue weighted by Crippen LogP contribution is 2.31. The number of amides is 1. The summed E-state index contributed by atoms with van der Waals surface area (Å²) < 4.78 is 6.44. The molecule has 0 saturated carbocycles. The van der Waals surface area contributed by atoms with Crippen molar-refractivity contribution < 1.29 is 14.3 Å². The van der Waals surface area contributed by atoms with E-state index in [2.05, 4.69) is 10.3 Å². The van der Waals surface area contributed by atoms with Crippen molar-refractivity contribution in [3.63, 3.8) is 0 Å². The number of aromatic nitrogens is 2. The van der Waals surface area contributed by atoms with Crippen molar-refractivity contribution in [2.75, 3.05) is 12.4 Å². The first-order valence-corrected chi connectivity index (χ1v) is 9.99. The van der Waals surface area contributed by atoms with Crippen LogP contribution in [-0.2, 0) is 16.1 Å². The van der Waals surface area contributed by atoms with Gasteiger partial charge in [-0.3, -0.25) is 14.9 Å². The van der Waals surface area contributed by atoms with Crippen LogP contribution in [-0.4, -0.2) is 28.5 Å². The third kappa shape index (κ3) is 3.87. The summed E-state index contributed by atoms with van der Waals surface area (Å²) in [6.45, 7) is 0.0260. The fourth-order valence-corrected chi connectivity index (χ4v) is 3.99. The van der Waals surface area contributed by atoms with Gasteiger partial charge in [-0.1, -0.05) is 48.0 Å². The number of nitrogens with one attached hydrogen (secondary N) is 1. The van der Waals surface area contributed by atoms with Crippen LogP contribution in [0.15, 0.2) is 60.1 Å². The van der Waals surface area contributed by atoms with Crippen LogP contribution in [0, 0.1) is 0 Å². The number of thiazole rings is 1. The van der Waals surface area contributed by atoms with E-state index in [-0.39, 0.29) is 18.4 Å². The second-order valence-corrected chi connectivity index (χ2v) is 7.50. The lowest BCUT2D eigenvalue weighted by Gasteiger charge is -2.02. The molecule has 0 fully saturated rings. The number of anilines is 1. The Labute approximate surface area is 175 Å². The van der Waals surface area contributed by atoms with Crippen molar-refractivity contribution in [3.8, 4) is 11.3 Å². The normalized spacial score (nSPS) is 10.8. The largest absolute Gasteiger partial charge is 0.468 e. The third-order valence-corrected chi connectivity index (χ3v) is 5.52. The molecule has 0 saturated heterocycles. The molecule has 0 aliphatic heterocycles. The van der Waals surface area contributed by atoms with Gasteiger partial charge in [0.1, 0.15) is 6.54 Å². The number of carbonyl (C=O) groups excluding carboxylic acids is 2. The van der Waals surface area contributed by atoms with E-state index in [9.17, 15) is 9.59 Å². The number of benzene rings is 2. The fourth-order valence-electron chi connectivity index (χ4n) is 3.05. The van der Waals surface area contributed by atoms with Crippen LogP contribution >= 0.6 is 22.9 Å². The number of halogens is 1. The summed E-state index contributed by atoms with van der Waals surface area (Å²) >= 11 is 7.55. The zero-order valence-electron chi connectivity index (χ0n) is 15.4. The zero-order valence-corrected chi connectivity index (χ0v) is 17.0. The molecule has 6 nitrogen and oxygen atoms in total. The molecular formula is C21H16ClN3O3S. The number of carbonyl (C=O) groups is 2. The minimum atomic E-state index is -0.387. The summed E-state index contributed by atoms with van der Waals surface area (Å²) in [5.41, 5.74) is 2.74. The molecule has 0 aliphatic carbocycles. The number of hydrogen-bond acceptors (Lipinski definition) is 5. The highest BCUT2D eigenvalue weighted by Gasteiger charge is 2.18. The zero-order chi connectivity index (χ0) is 20.4. The minimum Gasteiger partial charge on any atom is -0.468 e. The number of nitrogens with zero attached hydrogens (tertiary/aromatic N) is 2. The Morgan fingerprint density at radius 1 is 1.17 bits per heavy atom. The summed E-state index contributed by atoms with van der Waals surface area (Å²) in [6.07, 6.45) is 1.65. The highest BCUT2D eigenvalue weighted by atomic mass is 35.5. The smallest absolute Gasteiger partial charge is 0.325 e. The maximum atomic E-state index is 12.9. The molecule has 1 N–H and O–H groups in total. The van der Waals surface area contributed by atoms with E-state index < -0.39 is 0 Å². The van der Waals surface area contributed by atoms with Crippen LogP contribution in [0.25, 0.3) is 22.2 Å². The van der Waals surface area contributed by atoms with Crippen LogP contribution in [0.2, 0.25) is 5.02 Å². The van der Waals surface area contributed by atoms with Crippen molar-refractivity contribution >= 4 is 50.8 Å². The number of methoxy groups -OCH3 is 1. The van der Waals surface area contributed by atoms with Gasteiger partial charge in [0.05, 0.1) is 18.4 Å².